The Bertz CT molecular complexity index is 2060. The normalized spacial score (nSPS) is 16.5. The quantitative estimate of drug-likeness (QED) is 0.220. The summed E-state index contributed by atoms with van der Waals surface area (Å²) in [6, 6.07) is 13.9. The van der Waals surface area contributed by atoms with Gasteiger partial charge in [-0.2, -0.15) is 25.3 Å². The molecule has 0 aliphatic carbocycles. The van der Waals surface area contributed by atoms with Crippen LogP contribution in [0.4, 0.5) is 17.1 Å². The second-order valence-electron chi connectivity index (χ2n) is 14.2. The Kier molecular flexibility index (Phi) is 17.3. The molecule has 3 aliphatic heterocycles. The summed E-state index contributed by atoms with van der Waals surface area (Å²) in [4.78, 5) is 0.363. The van der Waals surface area contributed by atoms with Crippen molar-refractivity contribution >= 4 is 99.4 Å². The first-order chi connectivity index (χ1) is 25.6. The molecule has 310 valence electrons. The third-order valence-corrected chi connectivity index (χ3v) is 11.9. The van der Waals surface area contributed by atoms with Crippen LogP contribution in [-0.4, -0.2) is 131 Å². The van der Waals surface area contributed by atoms with Gasteiger partial charge in [0.2, 0.25) is 0 Å². The number of nitrogens with one attached hydrogen (secondary N) is 3. The van der Waals surface area contributed by atoms with Gasteiger partial charge in [0.1, 0.15) is 45.3 Å². The van der Waals surface area contributed by atoms with Crippen molar-refractivity contribution in [3.05, 3.63) is 69.7 Å². The monoisotopic (exact) mass is 898 g/mol. The van der Waals surface area contributed by atoms with Gasteiger partial charge in [-0.3, -0.25) is 0 Å². The Hall–Kier alpha value is -3.37. The molecule has 0 unspecified atom stereocenters. The van der Waals surface area contributed by atoms with E-state index in [0.717, 1.165) is 22.1 Å². The lowest BCUT2D eigenvalue weighted by Gasteiger charge is -2.21. The summed E-state index contributed by atoms with van der Waals surface area (Å²) in [6.07, 6.45) is 0. The number of quaternary nitrogens is 2. The summed E-state index contributed by atoms with van der Waals surface area (Å²) in [5.41, 5.74) is 1.55. The van der Waals surface area contributed by atoms with Gasteiger partial charge in [0.25, 0.3) is 30.1 Å². The summed E-state index contributed by atoms with van der Waals surface area (Å²) in [5, 5.41) is 26.5. The number of amidine groups is 3. The minimum absolute atomic E-state index is 0.121. The van der Waals surface area contributed by atoms with Crippen LogP contribution in [0.1, 0.15) is 20.8 Å². The van der Waals surface area contributed by atoms with Crippen LogP contribution < -0.4 is 16.0 Å². The molecule has 0 bridgehead atoms. The molecule has 0 radical (unpaired) electrons. The Morgan fingerprint density at radius 2 is 0.732 bits per heavy atom. The molecule has 3 heterocycles. The molecular weight excluding hydrogens is 851 g/mol. The zero-order valence-corrected chi connectivity index (χ0v) is 37.2. The van der Waals surface area contributed by atoms with Gasteiger partial charge in [0, 0.05) is 15.1 Å². The minimum atomic E-state index is -3.57. The summed E-state index contributed by atoms with van der Waals surface area (Å²) >= 11 is 17.1. The topological polar surface area (TPSA) is 216 Å². The molecule has 0 atom stereocenters. The smallest absolute Gasteiger partial charge is 0.286 e. The number of sulfonamides is 3. The fourth-order valence-electron chi connectivity index (χ4n) is 4.38. The number of halogens is 3. The first-order valence-electron chi connectivity index (χ1n) is 16.6. The van der Waals surface area contributed by atoms with Gasteiger partial charge in [0.05, 0.1) is 72.6 Å². The molecule has 0 saturated carbocycles. The summed E-state index contributed by atoms with van der Waals surface area (Å²) < 4.78 is 81.5. The van der Waals surface area contributed by atoms with Gasteiger partial charge in [-0.05, 0) is 75.4 Å². The molecule has 0 aromatic heterocycles. The minimum Gasteiger partial charge on any atom is -0.391 e. The molecule has 6 rings (SSSR count). The van der Waals surface area contributed by atoms with Crippen LogP contribution in [0.15, 0.2) is 82.5 Å². The van der Waals surface area contributed by atoms with E-state index in [9.17, 15) is 25.3 Å². The van der Waals surface area contributed by atoms with E-state index in [0.29, 0.717) is 49.6 Å². The first-order valence-corrected chi connectivity index (χ1v) is 22.0. The third kappa shape index (κ3) is 15.9. The zero-order valence-electron chi connectivity index (χ0n) is 32.5. The summed E-state index contributed by atoms with van der Waals surface area (Å²) in [7, 11) is 1.59. The molecule has 22 heteroatoms. The molecule has 0 saturated heterocycles. The lowest BCUT2D eigenvalue weighted by molar-refractivity contribution is -0.870. The van der Waals surface area contributed by atoms with Crippen molar-refractivity contribution < 1.29 is 44.4 Å². The highest BCUT2D eigenvalue weighted by Crippen LogP contribution is 2.31. The van der Waals surface area contributed by atoms with Crippen molar-refractivity contribution in [2.45, 2.75) is 35.5 Å². The van der Waals surface area contributed by atoms with E-state index in [1.807, 2.05) is 0 Å². The molecule has 16 nitrogen and oxygen atoms in total. The Balaban J connectivity index is 0.000000250. The number of nitrogens with zero attached hydrogens (tertiary/aromatic N) is 5. The highest BCUT2D eigenvalue weighted by Gasteiger charge is 2.25. The average Bonchev–Trinajstić information content (AvgIpc) is 3.01. The molecule has 5 N–H and O–H groups in total. The second kappa shape index (κ2) is 19.9. The average molecular weight is 900 g/mol. The number of likely N-dealkylation sites (N-methyl/N-ethyl adjacent to an activating group) is 2. The van der Waals surface area contributed by atoms with Gasteiger partial charge in [0.15, 0.2) is 0 Å². The number of fused-ring (bicyclic) bond motifs is 3. The number of hydrogen-bond acceptors (Lipinski definition) is 11. The fraction of sp³-hybridized carbons (Fsp3) is 0.382. The lowest BCUT2D eigenvalue weighted by Crippen LogP contribution is -2.36. The number of rotatable bonds is 4. The maximum Gasteiger partial charge on any atom is 0.286 e. The summed E-state index contributed by atoms with van der Waals surface area (Å²) in [6.45, 7) is 7.01. The number of anilines is 3. The van der Waals surface area contributed by atoms with Crippen LogP contribution in [0, 0.1) is 0 Å². The van der Waals surface area contributed by atoms with Crippen molar-refractivity contribution in [3.8, 4) is 0 Å². The van der Waals surface area contributed by atoms with Gasteiger partial charge in [-0.15, -0.1) is 13.2 Å². The van der Waals surface area contributed by atoms with Crippen molar-refractivity contribution in [2.75, 3.05) is 84.5 Å². The first kappa shape index (κ1) is 48.8. The zero-order chi connectivity index (χ0) is 42.9. The SMILES string of the molecule is CC1=NS(=O)(=O)c2cc(Cl)ccc2N1.CC1=NS(=O)(=O)c2cc(Cl)ccc2N1.CC1=NS(=O)(=O)c2cc(Cl)ccc2N1.C[N+](C)(C)CCO.C[N+](C)(C)CCO. The van der Waals surface area contributed by atoms with Crippen molar-refractivity contribution in [1.29, 1.82) is 0 Å². The van der Waals surface area contributed by atoms with Crippen LogP contribution in [0.3, 0.4) is 0 Å². The van der Waals surface area contributed by atoms with E-state index in [1.54, 1.807) is 57.2 Å². The molecule has 0 spiro atoms. The standard InChI is InChI=1S/3C8H7ClN2O2S.2C5H14NO/c3*1-5-10-7-3-2-6(9)4-8(7)14(12,13)11-5;2*1-6(2,3)4-5-7/h3*2-4H,1H3,(H,10,11);2*7H,4-5H2,1-3H3/q;;;2*+1. The van der Waals surface area contributed by atoms with Gasteiger partial charge >= 0.3 is 0 Å². The number of hydrogen-bond donors (Lipinski definition) is 5. The van der Waals surface area contributed by atoms with E-state index < -0.39 is 30.1 Å². The van der Waals surface area contributed by atoms with E-state index in [-0.39, 0.29) is 27.9 Å². The maximum absolute atomic E-state index is 11.5. The predicted molar refractivity (Wildman–Crippen MR) is 226 cm³/mol. The van der Waals surface area contributed by atoms with Gasteiger partial charge in [-0.25, -0.2) is 0 Å². The van der Waals surface area contributed by atoms with Crippen LogP contribution >= 0.6 is 34.8 Å². The maximum atomic E-state index is 11.5. The van der Waals surface area contributed by atoms with Crippen LogP contribution in [-0.2, 0) is 30.1 Å². The van der Waals surface area contributed by atoms with Crippen molar-refractivity contribution in [1.82, 2.24) is 0 Å². The Labute approximate surface area is 344 Å². The third-order valence-electron chi connectivity index (χ3n) is 6.92. The molecule has 3 aromatic carbocycles. The largest absolute Gasteiger partial charge is 0.391 e. The highest BCUT2D eigenvalue weighted by molar-refractivity contribution is 7.91. The van der Waals surface area contributed by atoms with Crippen LogP contribution in [0.5, 0.6) is 0 Å². The summed E-state index contributed by atoms with van der Waals surface area (Å²) in [5.74, 6) is 1.08. The van der Waals surface area contributed by atoms with Crippen LogP contribution in [0.25, 0.3) is 0 Å². The predicted octanol–water partition coefficient (Wildman–Crippen LogP) is 4.99. The second-order valence-corrected chi connectivity index (χ2v) is 20.3. The Morgan fingerprint density at radius 3 is 0.911 bits per heavy atom. The van der Waals surface area contributed by atoms with Crippen molar-refractivity contribution in [2.24, 2.45) is 13.2 Å². The Morgan fingerprint density at radius 1 is 0.500 bits per heavy atom. The molecular formula is C34H49Cl3N8O8S3+2. The van der Waals surface area contributed by atoms with E-state index in [4.69, 9.17) is 45.0 Å². The van der Waals surface area contributed by atoms with Gasteiger partial charge < -0.3 is 35.1 Å². The van der Waals surface area contributed by atoms with E-state index in [2.05, 4.69) is 71.4 Å². The van der Waals surface area contributed by atoms with E-state index in [1.165, 1.54) is 18.2 Å². The molecule has 0 amide bonds. The number of aliphatic hydroxyl groups excluding tert-OH is 2. The molecule has 3 aromatic rings. The van der Waals surface area contributed by atoms with Crippen LogP contribution in [0.2, 0.25) is 15.1 Å². The molecule has 3 aliphatic rings. The van der Waals surface area contributed by atoms with E-state index >= 15 is 0 Å². The lowest BCUT2D eigenvalue weighted by atomic mass is 10.3. The molecule has 0 fully saturated rings. The highest BCUT2D eigenvalue weighted by atomic mass is 35.5. The fourth-order valence-corrected chi connectivity index (χ4v) is 8.62. The van der Waals surface area contributed by atoms with Gasteiger partial charge in [-0.1, -0.05) is 34.8 Å². The van der Waals surface area contributed by atoms with Crippen molar-refractivity contribution in [3.63, 3.8) is 0 Å². The number of benzene rings is 3. The number of aliphatic hydroxyl groups is 2. The molecule has 56 heavy (non-hydrogen) atoms.